The third-order valence-electron chi connectivity index (χ3n) is 3.53. The fourth-order valence-corrected chi connectivity index (χ4v) is 2.54. The SMILES string of the molecule is Cc1ccnc(N2CCC(C)(O)CC2)c1C(N)=S. The Morgan fingerprint density at radius 2 is 2.11 bits per heavy atom. The summed E-state index contributed by atoms with van der Waals surface area (Å²) in [4.78, 5) is 6.94. The van der Waals surface area contributed by atoms with E-state index in [2.05, 4.69) is 9.88 Å². The number of anilines is 1. The number of piperidine rings is 1. The van der Waals surface area contributed by atoms with Gasteiger partial charge < -0.3 is 15.7 Å². The second kappa shape index (κ2) is 4.82. The molecular weight excluding hydrogens is 246 g/mol. The summed E-state index contributed by atoms with van der Waals surface area (Å²) in [7, 11) is 0. The van der Waals surface area contributed by atoms with Gasteiger partial charge in [0, 0.05) is 19.3 Å². The molecule has 98 valence electrons. The van der Waals surface area contributed by atoms with Crippen LogP contribution in [0.25, 0.3) is 0 Å². The Hall–Kier alpha value is -1.20. The van der Waals surface area contributed by atoms with Crippen molar-refractivity contribution in [1.82, 2.24) is 4.98 Å². The number of thiocarbonyl (C=S) groups is 1. The van der Waals surface area contributed by atoms with Crippen LogP contribution in [0.15, 0.2) is 12.3 Å². The Morgan fingerprint density at radius 1 is 1.50 bits per heavy atom. The lowest BCUT2D eigenvalue weighted by Gasteiger charge is -2.37. The van der Waals surface area contributed by atoms with Crippen LogP contribution in [-0.2, 0) is 0 Å². The van der Waals surface area contributed by atoms with E-state index in [1.165, 1.54) is 0 Å². The average Bonchev–Trinajstić information content (AvgIpc) is 2.28. The van der Waals surface area contributed by atoms with Gasteiger partial charge in [0.1, 0.15) is 10.8 Å². The number of aryl methyl sites for hydroxylation is 1. The van der Waals surface area contributed by atoms with Crippen molar-refractivity contribution in [3.05, 3.63) is 23.4 Å². The molecule has 5 heteroatoms. The molecular formula is C13H19N3OS. The molecule has 1 aliphatic rings. The summed E-state index contributed by atoms with van der Waals surface area (Å²) in [5, 5.41) is 9.97. The second-order valence-electron chi connectivity index (χ2n) is 5.17. The molecule has 2 rings (SSSR count). The van der Waals surface area contributed by atoms with Crippen molar-refractivity contribution < 1.29 is 5.11 Å². The van der Waals surface area contributed by atoms with Gasteiger partial charge in [-0.2, -0.15) is 0 Å². The highest BCUT2D eigenvalue weighted by Gasteiger charge is 2.29. The van der Waals surface area contributed by atoms with Crippen LogP contribution in [0, 0.1) is 6.92 Å². The van der Waals surface area contributed by atoms with Gasteiger partial charge in [0.05, 0.1) is 11.2 Å². The van der Waals surface area contributed by atoms with Gasteiger partial charge in [0.25, 0.3) is 0 Å². The van der Waals surface area contributed by atoms with Gasteiger partial charge in [-0.3, -0.25) is 0 Å². The maximum absolute atomic E-state index is 9.97. The van der Waals surface area contributed by atoms with Crippen LogP contribution in [-0.4, -0.2) is 33.8 Å². The number of hydrogen-bond acceptors (Lipinski definition) is 4. The molecule has 0 amide bonds. The van der Waals surface area contributed by atoms with E-state index in [4.69, 9.17) is 18.0 Å². The van der Waals surface area contributed by atoms with E-state index in [-0.39, 0.29) is 0 Å². The predicted octanol–water partition coefficient (Wildman–Crippen LogP) is 1.38. The number of hydrogen-bond donors (Lipinski definition) is 2. The highest BCUT2D eigenvalue weighted by atomic mass is 32.1. The minimum absolute atomic E-state index is 0.382. The Balaban J connectivity index is 2.30. The minimum atomic E-state index is -0.566. The summed E-state index contributed by atoms with van der Waals surface area (Å²) in [6, 6.07) is 1.91. The standard InChI is InChI=1S/C13H19N3OS/c1-9-3-6-15-12(10(9)11(14)18)16-7-4-13(2,17)5-8-16/h3,6,17H,4-5,7-8H2,1-2H3,(H2,14,18). The van der Waals surface area contributed by atoms with E-state index < -0.39 is 5.60 Å². The number of rotatable bonds is 2. The first-order valence-corrected chi connectivity index (χ1v) is 6.54. The molecule has 1 aliphatic heterocycles. The van der Waals surface area contributed by atoms with Gasteiger partial charge in [-0.05, 0) is 38.3 Å². The van der Waals surface area contributed by atoms with Gasteiger partial charge in [0.15, 0.2) is 0 Å². The zero-order chi connectivity index (χ0) is 13.3. The fraction of sp³-hybridized carbons (Fsp3) is 0.538. The van der Waals surface area contributed by atoms with Gasteiger partial charge in [-0.1, -0.05) is 12.2 Å². The van der Waals surface area contributed by atoms with Crippen molar-refractivity contribution in [2.75, 3.05) is 18.0 Å². The van der Waals surface area contributed by atoms with Gasteiger partial charge in [-0.15, -0.1) is 0 Å². The van der Waals surface area contributed by atoms with Crippen molar-refractivity contribution in [3.63, 3.8) is 0 Å². The molecule has 2 heterocycles. The highest BCUT2D eigenvalue weighted by molar-refractivity contribution is 7.80. The lowest BCUT2D eigenvalue weighted by Crippen LogP contribution is -2.43. The number of nitrogens with zero attached hydrogens (tertiary/aromatic N) is 2. The second-order valence-corrected chi connectivity index (χ2v) is 5.61. The molecule has 0 saturated carbocycles. The van der Waals surface area contributed by atoms with E-state index in [1.807, 2.05) is 19.9 Å². The van der Waals surface area contributed by atoms with Crippen molar-refractivity contribution >= 4 is 23.0 Å². The molecule has 0 unspecified atom stereocenters. The van der Waals surface area contributed by atoms with E-state index in [0.29, 0.717) is 4.99 Å². The van der Waals surface area contributed by atoms with Crippen molar-refractivity contribution in [3.8, 4) is 0 Å². The van der Waals surface area contributed by atoms with Gasteiger partial charge >= 0.3 is 0 Å². The molecule has 0 aromatic carbocycles. The third-order valence-corrected chi connectivity index (χ3v) is 3.73. The molecule has 1 fully saturated rings. The summed E-state index contributed by atoms with van der Waals surface area (Å²) < 4.78 is 0. The number of nitrogens with two attached hydrogens (primary N) is 1. The predicted molar refractivity (Wildman–Crippen MR) is 76.9 cm³/mol. The normalized spacial score (nSPS) is 18.7. The maximum atomic E-state index is 9.97. The number of pyridine rings is 1. The van der Waals surface area contributed by atoms with Crippen LogP contribution in [0.4, 0.5) is 5.82 Å². The summed E-state index contributed by atoms with van der Waals surface area (Å²) in [6.45, 7) is 5.42. The van der Waals surface area contributed by atoms with E-state index >= 15 is 0 Å². The molecule has 0 bridgehead atoms. The quantitative estimate of drug-likeness (QED) is 0.791. The molecule has 0 aliphatic carbocycles. The fourth-order valence-electron chi connectivity index (χ4n) is 2.29. The molecule has 3 N–H and O–H groups in total. The summed E-state index contributed by atoms with van der Waals surface area (Å²) in [6.07, 6.45) is 3.25. The molecule has 0 spiro atoms. The van der Waals surface area contributed by atoms with Gasteiger partial charge in [0.2, 0.25) is 0 Å². The van der Waals surface area contributed by atoms with Crippen molar-refractivity contribution in [2.24, 2.45) is 5.73 Å². The van der Waals surface area contributed by atoms with Crippen molar-refractivity contribution in [2.45, 2.75) is 32.3 Å². The van der Waals surface area contributed by atoms with Crippen LogP contribution >= 0.6 is 12.2 Å². The number of aliphatic hydroxyl groups is 1. The van der Waals surface area contributed by atoms with Gasteiger partial charge in [-0.25, -0.2) is 4.98 Å². The van der Waals surface area contributed by atoms with E-state index in [0.717, 1.165) is 42.9 Å². The van der Waals surface area contributed by atoms with Crippen LogP contribution in [0.5, 0.6) is 0 Å². The molecule has 4 nitrogen and oxygen atoms in total. The zero-order valence-electron chi connectivity index (χ0n) is 10.8. The monoisotopic (exact) mass is 265 g/mol. The largest absolute Gasteiger partial charge is 0.390 e. The van der Waals surface area contributed by atoms with Crippen molar-refractivity contribution in [1.29, 1.82) is 0 Å². The van der Waals surface area contributed by atoms with Crippen LogP contribution in [0.3, 0.4) is 0 Å². The van der Waals surface area contributed by atoms with E-state index in [9.17, 15) is 5.11 Å². The average molecular weight is 265 g/mol. The molecule has 18 heavy (non-hydrogen) atoms. The summed E-state index contributed by atoms with van der Waals surface area (Å²) in [5.41, 5.74) is 7.13. The molecule has 1 saturated heterocycles. The lowest BCUT2D eigenvalue weighted by molar-refractivity contribution is 0.0350. The minimum Gasteiger partial charge on any atom is -0.390 e. The first kappa shape index (κ1) is 13.2. The molecule has 0 atom stereocenters. The smallest absolute Gasteiger partial charge is 0.139 e. The number of aromatic nitrogens is 1. The Kier molecular flexibility index (Phi) is 3.54. The summed E-state index contributed by atoms with van der Waals surface area (Å²) in [5.74, 6) is 0.845. The van der Waals surface area contributed by atoms with Crippen LogP contribution < -0.4 is 10.6 Å². The molecule has 1 aromatic heterocycles. The highest BCUT2D eigenvalue weighted by Crippen LogP contribution is 2.27. The first-order chi connectivity index (χ1) is 8.41. The third kappa shape index (κ3) is 2.62. The maximum Gasteiger partial charge on any atom is 0.139 e. The van der Waals surface area contributed by atoms with E-state index in [1.54, 1.807) is 6.20 Å². The molecule has 1 aromatic rings. The lowest BCUT2D eigenvalue weighted by atomic mass is 9.93. The Morgan fingerprint density at radius 3 is 2.67 bits per heavy atom. The van der Waals surface area contributed by atoms with Crippen LogP contribution in [0.2, 0.25) is 0 Å². The summed E-state index contributed by atoms with van der Waals surface area (Å²) >= 11 is 5.11. The Labute approximate surface area is 113 Å². The molecule has 0 radical (unpaired) electrons. The first-order valence-electron chi connectivity index (χ1n) is 6.13. The Bertz CT molecular complexity index is 463. The van der Waals surface area contributed by atoms with Crippen LogP contribution in [0.1, 0.15) is 30.9 Å². The zero-order valence-corrected chi connectivity index (χ0v) is 11.6. The topological polar surface area (TPSA) is 62.4 Å².